The number of hydrogen-bond acceptors (Lipinski definition) is 5. The number of nitrogens with zero attached hydrogens (tertiary/aromatic N) is 3. The molecule has 1 fully saturated rings. The molecular formula is C16H20N4O3S2. The smallest absolute Gasteiger partial charge is 0.255 e. The number of sulfonamides is 1. The summed E-state index contributed by atoms with van der Waals surface area (Å²) in [5.41, 5.74) is 1.52. The van der Waals surface area contributed by atoms with Crippen LogP contribution in [0.2, 0.25) is 0 Å². The number of thiol groups is 1. The minimum atomic E-state index is -3.62. The number of hydrogen-bond donors (Lipinski definition) is 2. The molecule has 0 radical (unpaired) electrons. The minimum absolute atomic E-state index is 0.127. The predicted octanol–water partition coefficient (Wildman–Crippen LogP) is 1.46. The van der Waals surface area contributed by atoms with Crippen molar-refractivity contribution in [2.45, 2.75) is 23.6 Å². The molecule has 1 N–H and O–H groups in total. The van der Waals surface area contributed by atoms with Crippen LogP contribution in [0.1, 0.15) is 21.7 Å². The van der Waals surface area contributed by atoms with Crippen LogP contribution in [-0.4, -0.2) is 59.9 Å². The zero-order valence-corrected chi connectivity index (χ0v) is 15.8. The van der Waals surface area contributed by atoms with Crippen molar-refractivity contribution in [2.24, 2.45) is 0 Å². The Bertz CT molecular complexity index is 880. The van der Waals surface area contributed by atoms with Crippen molar-refractivity contribution >= 4 is 28.6 Å². The molecule has 9 heteroatoms. The van der Waals surface area contributed by atoms with Gasteiger partial charge in [0.05, 0.1) is 17.0 Å². The van der Waals surface area contributed by atoms with Crippen molar-refractivity contribution in [2.75, 3.05) is 26.2 Å². The first-order chi connectivity index (χ1) is 11.8. The van der Waals surface area contributed by atoms with Crippen molar-refractivity contribution in [3.63, 3.8) is 0 Å². The van der Waals surface area contributed by atoms with Gasteiger partial charge in [-0.15, -0.1) is 12.6 Å². The Morgan fingerprint density at radius 1 is 1.16 bits per heavy atom. The Balaban J connectivity index is 1.74. The summed E-state index contributed by atoms with van der Waals surface area (Å²) in [6.07, 6.45) is 0. The lowest BCUT2D eigenvalue weighted by Gasteiger charge is -2.34. The Kier molecular flexibility index (Phi) is 4.90. The van der Waals surface area contributed by atoms with Crippen LogP contribution in [-0.2, 0) is 10.0 Å². The highest BCUT2D eigenvalue weighted by Gasteiger charge is 2.33. The molecule has 0 spiro atoms. The molecule has 2 heterocycles. The third kappa shape index (κ3) is 3.31. The van der Waals surface area contributed by atoms with Gasteiger partial charge >= 0.3 is 0 Å². The number of aryl methyl sites for hydroxylation is 2. The van der Waals surface area contributed by atoms with E-state index >= 15 is 0 Å². The first kappa shape index (κ1) is 18.0. The zero-order chi connectivity index (χ0) is 18.2. The first-order valence-electron chi connectivity index (χ1n) is 7.91. The maximum Gasteiger partial charge on any atom is 0.255 e. The van der Waals surface area contributed by atoms with Crippen LogP contribution in [0.3, 0.4) is 0 Å². The third-order valence-corrected chi connectivity index (χ3v) is 6.87. The lowest BCUT2D eigenvalue weighted by molar-refractivity contribution is 0.0694. The summed E-state index contributed by atoms with van der Waals surface area (Å²) in [4.78, 5) is 15.1. The molecule has 2 aromatic rings. The Morgan fingerprint density at radius 2 is 1.80 bits per heavy atom. The molecule has 3 rings (SSSR count). The van der Waals surface area contributed by atoms with E-state index in [0.29, 0.717) is 34.9 Å². The summed E-state index contributed by atoms with van der Waals surface area (Å²) in [6.45, 7) is 4.56. The van der Waals surface area contributed by atoms with E-state index in [9.17, 15) is 13.2 Å². The molecule has 25 heavy (non-hydrogen) atoms. The van der Waals surface area contributed by atoms with Gasteiger partial charge < -0.3 is 4.90 Å². The van der Waals surface area contributed by atoms with Crippen molar-refractivity contribution in [1.82, 2.24) is 19.4 Å². The van der Waals surface area contributed by atoms with E-state index in [0.717, 1.165) is 0 Å². The molecule has 1 aromatic heterocycles. The van der Waals surface area contributed by atoms with Gasteiger partial charge in [-0.2, -0.15) is 9.40 Å². The molecular weight excluding hydrogens is 360 g/mol. The number of carbonyl (C=O) groups excluding carboxylic acids is 1. The van der Waals surface area contributed by atoms with Gasteiger partial charge in [0.25, 0.3) is 5.91 Å². The van der Waals surface area contributed by atoms with Gasteiger partial charge in [0.1, 0.15) is 4.90 Å². The van der Waals surface area contributed by atoms with Gasteiger partial charge in [0, 0.05) is 31.1 Å². The average Bonchev–Trinajstić information content (AvgIpc) is 2.94. The third-order valence-electron chi connectivity index (χ3n) is 4.32. The van der Waals surface area contributed by atoms with Gasteiger partial charge in [-0.05, 0) is 26.0 Å². The minimum Gasteiger partial charge on any atom is -0.336 e. The summed E-state index contributed by atoms with van der Waals surface area (Å²) >= 11 is 4.32. The fourth-order valence-electron chi connectivity index (χ4n) is 3.01. The number of nitrogens with one attached hydrogen (secondary N) is 1. The van der Waals surface area contributed by atoms with E-state index in [1.165, 1.54) is 4.31 Å². The first-order valence-corrected chi connectivity index (χ1v) is 9.80. The number of aromatic nitrogens is 2. The molecule has 134 valence electrons. The number of amides is 1. The SMILES string of the molecule is Cc1n[nH]c(C)c1S(=O)(=O)N1CCN(C(=O)c2ccccc2S)CC1. The average molecular weight is 380 g/mol. The number of H-pyrrole nitrogens is 1. The molecule has 1 amide bonds. The second-order valence-corrected chi connectivity index (χ2v) is 8.33. The highest BCUT2D eigenvalue weighted by molar-refractivity contribution is 7.89. The van der Waals surface area contributed by atoms with Crippen LogP contribution in [0, 0.1) is 13.8 Å². The lowest BCUT2D eigenvalue weighted by Crippen LogP contribution is -2.50. The van der Waals surface area contributed by atoms with Gasteiger partial charge in [-0.1, -0.05) is 12.1 Å². The molecule has 0 saturated carbocycles. The van der Waals surface area contributed by atoms with Crippen LogP contribution in [0.4, 0.5) is 0 Å². The standard InChI is InChI=1S/C16H20N4O3S2/c1-11-15(12(2)18-17-11)25(22,23)20-9-7-19(8-10-20)16(21)13-5-3-4-6-14(13)24/h3-6,24H,7-10H2,1-2H3,(H,17,18). The van der Waals surface area contributed by atoms with E-state index in [1.807, 2.05) is 6.07 Å². The van der Waals surface area contributed by atoms with Crippen LogP contribution < -0.4 is 0 Å². The fraction of sp³-hybridized carbons (Fsp3) is 0.375. The molecule has 1 aliphatic heterocycles. The Hall–Kier alpha value is -1.84. The molecule has 0 unspecified atom stereocenters. The molecule has 7 nitrogen and oxygen atoms in total. The van der Waals surface area contributed by atoms with Crippen molar-refractivity contribution in [3.05, 3.63) is 41.2 Å². The van der Waals surface area contributed by atoms with Gasteiger partial charge in [-0.3, -0.25) is 9.89 Å². The van der Waals surface area contributed by atoms with Crippen molar-refractivity contribution < 1.29 is 13.2 Å². The van der Waals surface area contributed by atoms with Gasteiger partial charge in [0.2, 0.25) is 10.0 Å². The molecule has 0 bridgehead atoms. The van der Waals surface area contributed by atoms with E-state index in [-0.39, 0.29) is 23.9 Å². The van der Waals surface area contributed by atoms with Crippen LogP contribution in [0.15, 0.2) is 34.1 Å². The van der Waals surface area contributed by atoms with E-state index in [1.54, 1.807) is 36.9 Å². The monoisotopic (exact) mass is 380 g/mol. The Morgan fingerprint density at radius 3 is 2.36 bits per heavy atom. The summed E-state index contributed by atoms with van der Waals surface area (Å²) in [6, 6.07) is 7.10. The topological polar surface area (TPSA) is 86.4 Å². The highest BCUT2D eigenvalue weighted by Crippen LogP contribution is 2.23. The van der Waals surface area contributed by atoms with Gasteiger partial charge in [-0.25, -0.2) is 8.42 Å². The maximum atomic E-state index is 12.8. The van der Waals surface area contributed by atoms with E-state index < -0.39 is 10.0 Å². The van der Waals surface area contributed by atoms with Crippen LogP contribution in [0.25, 0.3) is 0 Å². The summed E-state index contributed by atoms with van der Waals surface area (Å²) in [7, 11) is -3.62. The number of carbonyl (C=O) groups is 1. The highest BCUT2D eigenvalue weighted by atomic mass is 32.2. The molecule has 0 aliphatic carbocycles. The second kappa shape index (κ2) is 6.81. The zero-order valence-electron chi connectivity index (χ0n) is 14.1. The molecule has 1 saturated heterocycles. The molecule has 1 aliphatic rings. The van der Waals surface area contributed by atoms with Crippen LogP contribution in [0.5, 0.6) is 0 Å². The number of benzene rings is 1. The Labute approximate surface area is 152 Å². The predicted molar refractivity (Wildman–Crippen MR) is 96.4 cm³/mol. The lowest BCUT2D eigenvalue weighted by atomic mass is 10.2. The summed E-state index contributed by atoms with van der Waals surface area (Å²) < 4.78 is 27.1. The normalized spacial score (nSPS) is 16.2. The largest absolute Gasteiger partial charge is 0.336 e. The second-order valence-electron chi connectivity index (χ2n) is 5.98. The maximum absolute atomic E-state index is 12.8. The summed E-state index contributed by atoms with van der Waals surface area (Å²) in [5, 5.41) is 6.67. The van der Waals surface area contributed by atoms with Crippen molar-refractivity contribution in [3.8, 4) is 0 Å². The number of piperazine rings is 1. The van der Waals surface area contributed by atoms with Crippen molar-refractivity contribution in [1.29, 1.82) is 0 Å². The van der Waals surface area contributed by atoms with E-state index in [4.69, 9.17) is 0 Å². The molecule has 1 aromatic carbocycles. The quantitative estimate of drug-likeness (QED) is 0.790. The van der Waals surface area contributed by atoms with Crippen LogP contribution >= 0.6 is 12.6 Å². The molecule has 0 atom stereocenters. The van der Waals surface area contributed by atoms with E-state index in [2.05, 4.69) is 22.8 Å². The fourth-order valence-corrected chi connectivity index (χ4v) is 5.02. The summed E-state index contributed by atoms with van der Waals surface area (Å²) in [5.74, 6) is -0.127. The number of rotatable bonds is 3. The van der Waals surface area contributed by atoms with Gasteiger partial charge in [0.15, 0.2) is 0 Å². The number of aromatic amines is 1.